The van der Waals surface area contributed by atoms with E-state index in [1.807, 2.05) is 91.0 Å². The summed E-state index contributed by atoms with van der Waals surface area (Å²) in [5.74, 6) is -0.691. The average molecular weight is 529 g/mol. The van der Waals surface area contributed by atoms with Crippen molar-refractivity contribution < 1.29 is 19.4 Å². The van der Waals surface area contributed by atoms with E-state index in [1.165, 1.54) is 11.6 Å². The second-order valence-corrected chi connectivity index (χ2v) is 10.1. The maximum Gasteiger partial charge on any atom is 0.408 e. The Hall–Kier alpha value is -4.57. The lowest BCUT2D eigenvalue weighted by molar-refractivity contribution is -0.120. The molecule has 1 aromatic heterocycles. The van der Waals surface area contributed by atoms with Crippen molar-refractivity contribution in [1.29, 1.82) is 0 Å². The van der Waals surface area contributed by atoms with Crippen molar-refractivity contribution in [3.63, 3.8) is 0 Å². The molecule has 0 saturated heterocycles. The van der Waals surface area contributed by atoms with E-state index in [2.05, 4.69) is 26.2 Å². The van der Waals surface area contributed by atoms with Gasteiger partial charge in [-0.05, 0) is 54.8 Å². The molecule has 4 aromatic rings. The van der Waals surface area contributed by atoms with Crippen molar-refractivity contribution in [1.82, 2.24) is 25.5 Å². The minimum atomic E-state index is -1.33. The van der Waals surface area contributed by atoms with Crippen LogP contribution in [0.15, 0.2) is 91.0 Å². The monoisotopic (exact) mass is 528 g/mol. The number of rotatable bonds is 8. The summed E-state index contributed by atoms with van der Waals surface area (Å²) < 4.78 is 6.81. The Morgan fingerprint density at radius 1 is 0.846 bits per heavy atom. The molecule has 2 amide bonds. The lowest BCUT2D eigenvalue weighted by atomic mass is 9.77. The van der Waals surface area contributed by atoms with E-state index in [9.17, 15) is 14.7 Å². The maximum absolute atomic E-state index is 13.4. The lowest BCUT2D eigenvalue weighted by Crippen LogP contribution is -2.51. The molecule has 0 unspecified atom stereocenters. The summed E-state index contributed by atoms with van der Waals surface area (Å²) in [4.78, 5) is 25.8. The van der Waals surface area contributed by atoms with Gasteiger partial charge in [0, 0.05) is 0 Å². The minimum Gasteiger partial charge on any atom is -0.444 e. The van der Waals surface area contributed by atoms with Gasteiger partial charge in [0.05, 0.1) is 6.10 Å². The molecule has 10 heteroatoms. The van der Waals surface area contributed by atoms with Crippen molar-refractivity contribution in [2.24, 2.45) is 0 Å². The highest BCUT2D eigenvalue weighted by Crippen LogP contribution is 2.41. The lowest BCUT2D eigenvalue weighted by Gasteiger charge is -2.36. The van der Waals surface area contributed by atoms with Crippen molar-refractivity contribution >= 4 is 17.9 Å². The third-order valence-corrected chi connectivity index (χ3v) is 6.03. The molecule has 0 bridgehead atoms. The van der Waals surface area contributed by atoms with Crippen molar-refractivity contribution in [3.8, 4) is 0 Å². The van der Waals surface area contributed by atoms with Crippen LogP contribution in [0.25, 0.3) is 0 Å². The number of nitrogens with one attached hydrogen (secondary N) is 2. The molecular formula is C29H32N6O4. The number of alkyl carbamates (subject to hydrolysis) is 1. The van der Waals surface area contributed by atoms with Gasteiger partial charge in [0.2, 0.25) is 0 Å². The molecule has 2 atom stereocenters. The number of carbonyl (C=O) groups is 2. The van der Waals surface area contributed by atoms with Crippen LogP contribution in [0.4, 0.5) is 10.7 Å². The summed E-state index contributed by atoms with van der Waals surface area (Å²) in [5.41, 5.74) is 0.695. The summed E-state index contributed by atoms with van der Waals surface area (Å²) in [7, 11) is 0. The first-order valence-corrected chi connectivity index (χ1v) is 12.6. The van der Waals surface area contributed by atoms with Crippen LogP contribution in [0.3, 0.4) is 0 Å². The van der Waals surface area contributed by atoms with Gasteiger partial charge in [-0.15, -0.1) is 0 Å². The maximum atomic E-state index is 13.4. The Kier molecular flexibility index (Phi) is 8.06. The number of anilines is 1. The van der Waals surface area contributed by atoms with E-state index in [0.717, 1.165) is 16.7 Å². The predicted molar refractivity (Wildman–Crippen MR) is 146 cm³/mol. The van der Waals surface area contributed by atoms with E-state index in [-0.39, 0.29) is 5.95 Å². The number of nitrogens with zero attached hydrogens (tertiary/aromatic N) is 4. The van der Waals surface area contributed by atoms with E-state index in [1.54, 1.807) is 20.8 Å². The summed E-state index contributed by atoms with van der Waals surface area (Å²) in [6.45, 7) is 6.50. The summed E-state index contributed by atoms with van der Waals surface area (Å²) in [5, 5.41) is 27.9. The first-order chi connectivity index (χ1) is 18.6. The summed E-state index contributed by atoms with van der Waals surface area (Å²) in [6.07, 6.45) is -2.07. The summed E-state index contributed by atoms with van der Waals surface area (Å²) in [6, 6.07) is 27.8. The fraction of sp³-hybridized carbons (Fsp3) is 0.276. The molecule has 0 spiro atoms. The normalized spacial score (nSPS) is 13.3. The van der Waals surface area contributed by atoms with Crippen LogP contribution in [-0.2, 0) is 15.1 Å². The number of tetrazole rings is 1. The molecule has 0 radical (unpaired) electrons. The van der Waals surface area contributed by atoms with Gasteiger partial charge in [-0.3, -0.25) is 10.1 Å². The largest absolute Gasteiger partial charge is 0.444 e. The van der Waals surface area contributed by atoms with E-state index >= 15 is 0 Å². The number of aliphatic hydroxyl groups excluding tert-OH is 1. The molecule has 0 aliphatic rings. The van der Waals surface area contributed by atoms with Crippen LogP contribution in [0, 0.1) is 0 Å². The van der Waals surface area contributed by atoms with Crippen molar-refractivity contribution in [2.45, 2.75) is 51.0 Å². The van der Waals surface area contributed by atoms with Crippen LogP contribution in [-0.4, -0.2) is 55.1 Å². The molecule has 0 aliphatic carbocycles. The number of aromatic nitrogens is 4. The van der Waals surface area contributed by atoms with Crippen LogP contribution in [0.2, 0.25) is 0 Å². The molecule has 0 aliphatic heterocycles. The Morgan fingerprint density at radius 2 is 1.31 bits per heavy atom. The van der Waals surface area contributed by atoms with Crippen molar-refractivity contribution in [2.75, 3.05) is 5.32 Å². The second kappa shape index (κ2) is 11.4. The molecule has 0 fully saturated rings. The van der Waals surface area contributed by atoms with Crippen LogP contribution >= 0.6 is 0 Å². The first kappa shape index (κ1) is 27.5. The number of amides is 2. The Labute approximate surface area is 227 Å². The van der Waals surface area contributed by atoms with Crippen molar-refractivity contribution in [3.05, 3.63) is 108 Å². The number of ether oxygens (including phenoxy) is 1. The number of benzene rings is 3. The Morgan fingerprint density at radius 3 is 1.72 bits per heavy atom. The molecule has 1 heterocycles. The van der Waals surface area contributed by atoms with Gasteiger partial charge < -0.3 is 15.2 Å². The Balaban J connectivity index is 1.82. The molecule has 4 rings (SSSR count). The van der Waals surface area contributed by atoms with Gasteiger partial charge in [0.1, 0.15) is 17.2 Å². The zero-order valence-corrected chi connectivity index (χ0v) is 22.3. The standard InChI is InChI=1S/C29H32N6O4/c1-20(36)24(30-27(38)39-28(2,3)4)25(37)31-26-32-33-34-35(26)29(21-14-8-5-9-15-21,22-16-10-6-11-17-22)23-18-12-7-13-19-23/h5-20,24,36H,1-4H3,(H,30,38)(H,31,32,34,37)/t20-,24+/m1/s1. The highest BCUT2D eigenvalue weighted by atomic mass is 16.6. The fourth-order valence-electron chi connectivity index (χ4n) is 4.42. The molecule has 39 heavy (non-hydrogen) atoms. The van der Waals surface area contributed by atoms with Crippen LogP contribution in [0.1, 0.15) is 44.4 Å². The number of aliphatic hydroxyl groups is 1. The Bertz CT molecular complexity index is 1290. The second-order valence-electron chi connectivity index (χ2n) is 10.1. The number of carbonyl (C=O) groups excluding carboxylic acids is 2. The van der Waals surface area contributed by atoms with Gasteiger partial charge in [-0.2, -0.15) is 4.68 Å². The zero-order valence-electron chi connectivity index (χ0n) is 22.3. The third kappa shape index (κ3) is 5.96. The van der Waals surface area contributed by atoms with Crippen LogP contribution in [0.5, 0.6) is 0 Å². The first-order valence-electron chi connectivity index (χ1n) is 12.6. The molecule has 3 N–H and O–H groups in total. The van der Waals surface area contributed by atoms with Gasteiger partial charge >= 0.3 is 6.09 Å². The zero-order chi connectivity index (χ0) is 28.0. The van der Waals surface area contributed by atoms with Gasteiger partial charge in [-0.25, -0.2) is 4.79 Å². The van der Waals surface area contributed by atoms with Gasteiger partial charge in [0.15, 0.2) is 0 Å². The molecule has 10 nitrogen and oxygen atoms in total. The fourth-order valence-corrected chi connectivity index (χ4v) is 4.42. The third-order valence-electron chi connectivity index (χ3n) is 6.03. The smallest absolute Gasteiger partial charge is 0.408 e. The average Bonchev–Trinajstić information content (AvgIpc) is 3.36. The molecule has 202 valence electrons. The molecular weight excluding hydrogens is 496 g/mol. The quantitative estimate of drug-likeness (QED) is 0.297. The van der Waals surface area contributed by atoms with E-state index < -0.39 is 35.3 Å². The minimum absolute atomic E-state index is 0.0215. The van der Waals surface area contributed by atoms with E-state index in [4.69, 9.17) is 4.74 Å². The summed E-state index contributed by atoms with van der Waals surface area (Å²) >= 11 is 0. The highest BCUT2D eigenvalue weighted by Gasteiger charge is 2.42. The molecule has 0 saturated carbocycles. The van der Waals surface area contributed by atoms with E-state index in [0.29, 0.717) is 0 Å². The highest BCUT2D eigenvalue weighted by molar-refractivity contribution is 5.95. The SMILES string of the molecule is C[C@@H](O)[C@H](NC(=O)OC(C)(C)C)C(=O)Nc1nnnn1C(c1ccccc1)(c1ccccc1)c1ccccc1. The molecule has 3 aromatic carbocycles. The predicted octanol–water partition coefficient (Wildman–Crippen LogP) is 3.73. The number of hydrogen-bond donors (Lipinski definition) is 3. The van der Waals surface area contributed by atoms with Gasteiger partial charge in [0.25, 0.3) is 11.9 Å². The number of hydrogen-bond acceptors (Lipinski definition) is 7. The van der Waals surface area contributed by atoms with Crippen LogP contribution < -0.4 is 10.6 Å². The topological polar surface area (TPSA) is 131 Å². The van der Waals surface area contributed by atoms with Gasteiger partial charge in [-0.1, -0.05) is 96.1 Å².